The third-order valence-electron chi connectivity index (χ3n) is 6.03. The van der Waals surface area contributed by atoms with Gasteiger partial charge in [-0.1, -0.05) is 12.1 Å². The van der Waals surface area contributed by atoms with Gasteiger partial charge >= 0.3 is 0 Å². The first-order chi connectivity index (χ1) is 13.7. The monoisotopic (exact) mass is 372 g/mol. The van der Waals surface area contributed by atoms with E-state index in [1.165, 1.54) is 35.2 Å². The van der Waals surface area contributed by atoms with Crippen molar-refractivity contribution in [2.24, 2.45) is 5.92 Å². The predicted molar refractivity (Wildman–Crippen MR) is 116 cm³/mol. The molecule has 4 rings (SSSR count). The molecule has 1 atom stereocenters. The SMILES string of the molecule is CCOc1ccc2c(c1)C(C1CC1)C(c1ccc(N(CC)CC)cc1)=C2C#N. The van der Waals surface area contributed by atoms with Crippen LogP contribution in [0.1, 0.15) is 56.2 Å². The number of allylic oxidation sites excluding steroid dienone is 2. The van der Waals surface area contributed by atoms with Crippen molar-refractivity contribution in [1.82, 2.24) is 0 Å². The molecule has 0 saturated heterocycles. The summed E-state index contributed by atoms with van der Waals surface area (Å²) in [4.78, 5) is 2.35. The second kappa shape index (κ2) is 7.72. The number of fused-ring (bicyclic) bond motifs is 1. The Morgan fingerprint density at radius 1 is 1.04 bits per heavy atom. The van der Waals surface area contributed by atoms with Crippen LogP contribution in [0.2, 0.25) is 0 Å². The van der Waals surface area contributed by atoms with Gasteiger partial charge in [-0.25, -0.2) is 0 Å². The summed E-state index contributed by atoms with van der Waals surface area (Å²) >= 11 is 0. The van der Waals surface area contributed by atoms with Gasteiger partial charge in [-0.15, -0.1) is 0 Å². The molecule has 0 aromatic heterocycles. The lowest BCUT2D eigenvalue weighted by atomic mass is 9.86. The molecule has 1 saturated carbocycles. The Kier molecular flexibility index (Phi) is 5.13. The quantitative estimate of drug-likeness (QED) is 0.609. The normalized spacial score (nSPS) is 18.0. The Labute approximate surface area is 168 Å². The van der Waals surface area contributed by atoms with E-state index in [2.05, 4.69) is 61.2 Å². The van der Waals surface area contributed by atoms with Crippen LogP contribution in [0.25, 0.3) is 11.1 Å². The van der Waals surface area contributed by atoms with E-state index >= 15 is 0 Å². The molecule has 2 aromatic carbocycles. The van der Waals surface area contributed by atoms with Crippen molar-refractivity contribution in [3.05, 3.63) is 59.2 Å². The molecule has 2 aliphatic carbocycles. The van der Waals surface area contributed by atoms with Crippen LogP contribution in [0.4, 0.5) is 5.69 Å². The lowest BCUT2D eigenvalue weighted by Crippen LogP contribution is -2.21. The largest absolute Gasteiger partial charge is 0.494 e. The first-order valence-electron chi connectivity index (χ1n) is 10.5. The fourth-order valence-corrected chi connectivity index (χ4v) is 4.54. The van der Waals surface area contributed by atoms with Gasteiger partial charge in [0.15, 0.2) is 0 Å². The average Bonchev–Trinajstić information content (AvgIpc) is 3.51. The highest BCUT2D eigenvalue weighted by molar-refractivity contribution is 6.05. The fourth-order valence-electron chi connectivity index (χ4n) is 4.54. The standard InChI is InChI=1S/C25H28N2O/c1-4-27(5-2)19-11-9-18(10-12-19)25-23(16-26)21-14-13-20(28-6-3)15-22(21)24(25)17-7-8-17/h9-15,17,24H,4-8H2,1-3H3. The van der Waals surface area contributed by atoms with Crippen molar-refractivity contribution >= 4 is 16.8 Å². The molecule has 1 fully saturated rings. The minimum atomic E-state index is 0.310. The van der Waals surface area contributed by atoms with Gasteiger partial charge in [0.25, 0.3) is 0 Å². The zero-order valence-corrected chi connectivity index (χ0v) is 17.0. The number of nitrogens with zero attached hydrogens (tertiary/aromatic N) is 2. The van der Waals surface area contributed by atoms with E-state index in [1.54, 1.807) is 0 Å². The van der Waals surface area contributed by atoms with E-state index in [0.29, 0.717) is 18.4 Å². The van der Waals surface area contributed by atoms with Crippen LogP contribution in [0, 0.1) is 17.2 Å². The molecule has 1 unspecified atom stereocenters. The molecule has 2 aromatic rings. The van der Waals surface area contributed by atoms with E-state index in [0.717, 1.165) is 30.0 Å². The molecule has 0 heterocycles. The molecular formula is C25H28N2O. The maximum Gasteiger partial charge on any atom is 0.119 e. The second-order valence-electron chi connectivity index (χ2n) is 7.62. The topological polar surface area (TPSA) is 36.3 Å². The number of benzene rings is 2. The molecule has 3 nitrogen and oxygen atoms in total. The highest BCUT2D eigenvalue weighted by atomic mass is 16.5. The van der Waals surface area contributed by atoms with Crippen LogP contribution < -0.4 is 9.64 Å². The molecule has 0 radical (unpaired) electrons. The molecular weight excluding hydrogens is 344 g/mol. The van der Waals surface area contributed by atoms with Gasteiger partial charge in [-0.3, -0.25) is 0 Å². The number of ether oxygens (including phenoxy) is 1. The van der Waals surface area contributed by atoms with Gasteiger partial charge in [-0.2, -0.15) is 5.26 Å². The summed E-state index contributed by atoms with van der Waals surface area (Å²) in [5.41, 5.74) is 6.83. The summed E-state index contributed by atoms with van der Waals surface area (Å²) in [7, 11) is 0. The minimum absolute atomic E-state index is 0.310. The highest BCUT2D eigenvalue weighted by Gasteiger charge is 2.42. The molecule has 0 amide bonds. The summed E-state index contributed by atoms with van der Waals surface area (Å²) in [6.07, 6.45) is 2.48. The lowest BCUT2D eigenvalue weighted by molar-refractivity contribution is 0.339. The van der Waals surface area contributed by atoms with Crippen LogP contribution in [-0.2, 0) is 0 Å². The Morgan fingerprint density at radius 3 is 2.32 bits per heavy atom. The van der Waals surface area contributed by atoms with E-state index in [4.69, 9.17) is 4.74 Å². The Morgan fingerprint density at radius 2 is 1.75 bits per heavy atom. The summed E-state index contributed by atoms with van der Waals surface area (Å²) in [6.45, 7) is 9.02. The number of anilines is 1. The first-order valence-corrected chi connectivity index (χ1v) is 10.5. The first kappa shape index (κ1) is 18.6. The zero-order chi connectivity index (χ0) is 19.7. The summed E-state index contributed by atoms with van der Waals surface area (Å²) in [5.74, 6) is 1.85. The Hall–Kier alpha value is -2.73. The van der Waals surface area contributed by atoms with Gasteiger partial charge in [0.1, 0.15) is 11.8 Å². The summed E-state index contributed by atoms with van der Waals surface area (Å²) < 4.78 is 5.75. The smallest absolute Gasteiger partial charge is 0.119 e. The minimum Gasteiger partial charge on any atom is -0.494 e. The Balaban J connectivity index is 1.77. The van der Waals surface area contributed by atoms with E-state index in [1.807, 2.05) is 13.0 Å². The molecule has 0 N–H and O–H groups in total. The number of hydrogen-bond donors (Lipinski definition) is 0. The van der Waals surface area contributed by atoms with Crippen LogP contribution in [0.5, 0.6) is 5.75 Å². The summed E-state index contributed by atoms with van der Waals surface area (Å²) in [6, 6.07) is 17.5. The van der Waals surface area contributed by atoms with Crippen LogP contribution in [-0.4, -0.2) is 19.7 Å². The van der Waals surface area contributed by atoms with Crippen molar-refractivity contribution in [3.63, 3.8) is 0 Å². The number of hydrogen-bond acceptors (Lipinski definition) is 3. The van der Waals surface area contributed by atoms with Crippen molar-refractivity contribution in [3.8, 4) is 11.8 Å². The van der Waals surface area contributed by atoms with Crippen LogP contribution in [0.15, 0.2) is 42.5 Å². The van der Waals surface area contributed by atoms with Crippen LogP contribution in [0.3, 0.4) is 0 Å². The summed E-state index contributed by atoms with van der Waals surface area (Å²) in [5, 5.41) is 10.0. The predicted octanol–water partition coefficient (Wildman–Crippen LogP) is 5.87. The zero-order valence-electron chi connectivity index (χ0n) is 17.0. The molecule has 0 aliphatic heterocycles. The molecule has 28 heavy (non-hydrogen) atoms. The average molecular weight is 373 g/mol. The van der Waals surface area contributed by atoms with Crippen molar-refractivity contribution < 1.29 is 4.74 Å². The maximum atomic E-state index is 10.0. The van der Waals surface area contributed by atoms with Gasteiger partial charge in [-0.05, 0) is 92.1 Å². The lowest BCUT2D eigenvalue weighted by Gasteiger charge is -2.22. The molecule has 0 bridgehead atoms. The second-order valence-corrected chi connectivity index (χ2v) is 7.62. The number of nitriles is 1. The molecule has 144 valence electrons. The Bertz CT molecular complexity index is 928. The van der Waals surface area contributed by atoms with Crippen molar-refractivity contribution in [1.29, 1.82) is 5.26 Å². The fraction of sp³-hybridized carbons (Fsp3) is 0.400. The van der Waals surface area contributed by atoms with E-state index in [-0.39, 0.29) is 0 Å². The van der Waals surface area contributed by atoms with Gasteiger partial charge in [0.2, 0.25) is 0 Å². The van der Waals surface area contributed by atoms with Crippen molar-refractivity contribution in [2.75, 3.05) is 24.6 Å². The molecule has 3 heteroatoms. The van der Waals surface area contributed by atoms with E-state index in [9.17, 15) is 5.26 Å². The van der Waals surface area contributed by atoms with Gasteiger partial charge in [0, 0.05) is 24.7 Å². The highest BCUT2D eigenvalue weighted by Crippen LogP contribution is 2.57. The van der Waals surface area contributed by atoms with Crippen LogP contribution >= 0.6 is 0 Å². The third kappa shape index (κ3) is 3.18. The number of rotatable bonds is 7. The molecule has 2 aliphatic rings. The molecule has 0 spiro atoms. The van der Waals surface area contributed by atoms with Gasteiger partial charge in [0.05, 0.1) is 12.2 Å². The van der Waals surface area contributed by atoms with E-state index < -0.39 is 0 Å². The third-order valence-corrected chi connectivity index (χ3v) is 6.03. The van der Waals surface area contributed by atoms with Gasteiger partial charge < -0.3 is 9.64 Å². The van der Waals surface area contributed by atoms with Crippen molar-refractivity contribution in [2.45, 2.75) is 39.5 Å². The maximum absolute atomic E-state index is 10.0.